The van der Waals surface area contributed by atoms with E-state index in [2.05, 4.69) is 17.5 Å². The third-order valence-electron chi connectivity index (χ3n) is 3.04. The molecule has 2 aromatic rings. The van der Waals surface area contributed by atoms with Gasteiger partial charge in [0.25, 0.3) is 0 Å². The minimum atomic E-state index is -0.323. The molecule has 0 fully saturated rings. The number of anilines is 1. The van der Waals surface area contributed by atoms with Crippen LogP contribution in [0.1, 0.15) is 22.3 Å². The summed E-state index contributed by atoms with van der Waals surface area (Å²) in [5.74, 6) is -0.323. The van der Waals surface area contributed by atoms with Gasteiger partial charge in [0.05, 0.1) is 11.6 Å². The Morgan fingerprint density at radius 2 is 1.95 bits per heavy atom. The van der Waals surface area contributed by atoms with Gasteiger partial charge in [-0.05, 0) is 49.2 Å². The Labute approximate surface area is 112 Å². The molecule has 2 aromatic carbocycles. The van der Waals surface area contributed by atoms with E-state index in [-0.39, 0.29) is 5.82 Å². The maximum absolute atomic E-state index is 13.2. The lowest BCUT2D eigenvalue weighted by Crippen LogP contribution is -2.03. The van der Waals surface area contributed by atoms with Gasteiger partial charge in [-0.25, -0.2) is 4.39 Å². The van der Waals surface area contributed by atoms with Gasteiger partial charge < -0.3 is 5.32 Å². The third kappa shape index (κ3) is 3.11. The van der Waals surface area contributed by atoms with E-state index in [1.807, 2.05) is 26.0 Å². The van der Waals surface area contributed by atoms with Gasteiger partial charge in [-0.1, -0.05) is 17.7 Å². The van der Waals surface area contributed by atoms with Crippen molar-refractivity contribution in [1.82, 2.24) is 0 Å². The van der Waals surface area contributed by atoms with Crippen molar-refractivity contribution in [2.45, 2.75) is 20.4 Å². The molecule has 1 N–H and O–H groups in total. The molecule has 2 nitrogen and oxygen atoms in total. The molecule has 2 rings (SSSR count). The molecule has 3 heteroatoms. The minimum Gasteiger partial charge on any atom is -0.381 e. The van der Waals surface area contributed by atoms with Gasteiger partial charge in [-0.15, -0.1) is 0 Å². The monoisotopic (exact) mass is 254 g/mol. The summed E-state index contributed by atoms with van der Waals surface area (Å²) in [5.41, 5.74) is 4.50. The average molecular weight is 254 g/mol. The number of rotatable bonds is 3. The Morgan fingerprint density at radius 3 is 2.63 bits per heavy atom. The second-order valence-corrected chi connectivity index (χ2v) is 4.59. The summed E-state index contributed by atoms with van der Waals surface area (Å²) in [4.78, 5) is 0. The second kappa shape index (κ2) is 5.53. The number of benzene rings is 2. The van der Waals surface area contributed by atoms with E-state index in [9.17, 15) is 4.39 Å². The fourth-order valence-corrected chi connectivity index (χ4v) is 2.02. The van der Waals surface area contributed by atoms with E-state index in [4.69, 9.17) is 5.26 Å². The summed E-state index contributed by atoms with van der Waals surface area (Å²) in [5, 5.41) is 12.2. The van der Waals surface area contributed by atoms with Crippen molar-refractivity contribution in [2.24, 2.45) is 0 Å². The van der Waals surface area contributed by atoms with Gasteiger partial charge in [0.1, 0.15) is 5.82 Å². The van der Waals surface area contributed by atoms with E-state index in [0.29, 0.717) is 17.7 Å². The summed E-state index contributed by atoms with van der Waals surface area (Å²) in [7, 11) is 0. The van der Waals surface area contributed by atoms with Gasteiger partial charge in [-0.3, -0.25) is 0 Å². The zero-order chi connectivity index (χ0) is 13.8. The quantitative estimate of drug-likeness (QED) is 0.900. The van der Waals surface area contributed by atoms with Crippen molar-refractivity contribution in [3.63, 3.8) is 0 Å². The molecule has 0 unspecified atom stereocenters. The molecule has 0 aliphatic heterocycles. The molecular formula is C16H15FN2. The fourth-order valence-electron chi connectivity index (χ4n) is 2.02. The van der Waals surface area contributed by atoms with Crippen molar-refractivity contribution in [1.29, 1.82) is 5.26 Å². The van der Waals surface area contributed by atoms with E-state index >= 15 is 0 Å². The third-order valence-corrected chi connectivity index (χ3v) is 3.04. The van der Waals surface area contributed by atoms with Gasteiger partial charge >= 0.3 is 0 Å². The first-order valence-corrected chi connectivity index (χ1v) is 6.10. The molecule has 0 amide bonds. The van der Waals surface area contributed by atoms with Crippen LogP contribution in [0.5, 0.6) is 0 Å². The molecule has 0 heterocycles. The Kier molecular flexibility index (Phi) is 3.82. The maximum atomic E-state index is 13.2. The van der Waals surface area contributed by atoms with Crippen LogP contribution in [-0.4, -0.2) is 0 Å². The first-order valence-electron chi connectivity index (χ1n) is 6.10. The predicted octanol–water partition coefficient (Wildman–Crippen LogP) is 3.93. The molecule has 0 aliphatic rings. The van der Waals surface area contributed by atoms with Crippen molar-refractivity contribution in [2.75, 3.05) is 5.32 Å². The Morgan fingerprint density at radius 1 is 1.16 bits per heavy atom. The summed E-state index contributed by atoms with van der Waals surface area (Å²) in [6.07, 6.45) is 0. The van der Waals surface area contributed by atoms with Crippen LogP contribution >= 0.6 is 0 Å². The standard InChI is InChI=1S/C16H15FN2/c1-11-3-6-16(12(2)7-11)19-10-14-8-15(17)5-4-13(14)9-18/h3-8,19H,10H2,1-2H3. The minimum absolute atomic E-state index is 0.323. The Bertz CT molecular complexity index is 642. The first kappa shape index (κ1) is 13.1. The van der Waals surface area contributed by atoms with Crippen LogP contribution < -0.4 is 5.32 Å². The van der Waals surface area contributed by atoms with Crippen LogP contribution in [-0.2, 0) is 6.54 Å². The highest BCUT2D eigenvalue weighted by Crippen LogP contribution is 2.18. The molecular weight excluding hydrogens is 239 g/mol. The lowest BCUT2D eigenvalue weighted by Gasteiger charge is -2.11. The molecule has 96 valence electrons. The number of nitriles is 1. The smallest absolute Gasteiger partial charge is 0.123 e. The topological polar surface area (TPSA) is 35.8 Å². The van der Waals surface area contributed by atoms with Gasteiger partial charge in [0.2, 0.25) is 0 Å². The molecule has 19 heavy (non-hydrogen) atoms. The summed E-state index contributed by atoms with van der Waals surface area (Å²) < 4.78 is 13.2. The first-order chi connectivity index (χ1) is 9.10. The highest BCUT2D eigenvalue weighted by Gasteiger charge is 2.04. The average Bonchev–Trinajstić information content (AvgIpc) is 2.38. The highest BCUT2D eigenvalue weighted by atomic mass is 19.1. The molecule has 0 radical (unpaired) electrons. The second-order valence-electron chi connectivity index (χ2n) is 4.59. The largest absolute Gasteiger partial charge is 0.381 e. The van der Waals surface area contributed by atoms with E-state index < -0.39 is 0 Å². The molecule has 0 saturated carbocycles. The van der Waals surface area contributed by atoms with Crippen molar-refractivity contribution in [3.05, 3.63) is 64.5 Å². The SMILES string of the molecule is Cc1ccc(NCc2cc(F)ccc2C#N)c(C)c1. The number of nitrogens with zero attached hydrogens (tertiary/aromatic N) is 1. The molecule has 0 atom stereocenters. The van der Waals surface area contributed by atoms with E-state index in [1.165, 1.54) is 23.8 Å². The molecule has 0 saturated heterocycles. The molecule has 0 bridgehead atoms. The zero-order valence-corrected chi connectivity index (χ0v) is 11.0. The maximum Gasteiger partial charge on any atom is 0.123 e. The number of aryl methyl sites for hydroxylation is 2. The van der Waals surface area contributed by atoms with E-state index in [1.54, 1.807) is 0 Å². The molecule has 0 aliphatic carbocycles. The van der Waals surface area contributed by atoms with Crippen LogP contribution in [0, 0.1) is 31.0 Å². The van der Waals surface area contributed by atoms with Crippen molar-refractivity contribution in [3.8, 4) is 6.07 Å². The van der Waals surface area contributed by atoms with Crippen LogP contribution in [0.4, 0.5) is 10.1 Å². The number of halogens is 1. The predicted molar refractivity (Wildman–Crippen MR) is 74.4 cm³/mol. The number of hydrogen-bond donors (Lipinski definition) is 1. The molecule has 0 aromatic heterocycles. The van der Waals surface area contributed by atoms with E-state index in [0.717, 1.165) is 11.3 Å². The number of hydrogen-bond acceptors (Lipinski definition) is 2. The van der Waals surface area contributed by atoms with Crippen molar-refractivity contribution >= 4 is 5.69 Å². The van der Waals surface area contributed by atoms with Crippen LogP contribution in [0.25, 0.3) is 0 Å². The van der Waals surface area contributed by atoms with Crippen molar-refractivity contribution < 1.29 is 4.39 Å². The van der Waals surface area contributed by atoms with Crippen LogP contribution in [0.15, 0.2) is 36.4 Å². The zero-order valence-electron chi connectivity index (χ0n) is 11.0. The normalized spacial score (nSPS) is 10.0. The van der Waals surface area contributed by atoms with Crippen LogP contribution in [0.2, 0.25) is 0 Å². The Balaban J connectivity index is 2.19. The summed E-state index contributed by atoms with van der Waals surface area (Å²) >= 11 is 0. The lowest BCUT2D eigenvalue weighted by atomic mass is 10.1. The molecule has 0 spiro atoms. The Hall–Kier alpha value is -2.34. The van der Waals surface area contributed by atoms with Crippen LogP contribution in [0.3, 0.4) is 0 Å². The number of nitrogens with one attached hydrogen (secondary N) is 1. The summed E-state index contributed by atoms with van der Waals surface area (Å²) in [6, 6.07) is 12.4. The fraction of sp³-hybridized carbons (Fsp3) is 0.188. The lowest BCUT2D eigenvalue weighted by molar-refractivity contribution is 0.625. The van der Waals surface area contributed by atoms with Gasteiger partial charge in [-0.2, -0.15) is 5.26 Å². The summed E-state index contributed by atoms with van der Waals surface area (Å²) in [6.45, 7) is 4.49. The highest BCUT2D eigenvalue weighted by molar-refractivity contribution is 5.53. The van der Waals surface area contributed by atoms with Gasteiger partial charge in [0, 0.05) is 12.2 Å². The van der Waals surface area contributed by atoms with Gasteiger partial charge in [0.15, 0.2) is 0 Å².